The number of unbranched alkanes of at least 4 members (excludes halogenated alkanes) is 1. The first-order chi connectivity index (χ1) is 10.6. The Morgan fingerprint density at radius 3 is 2.77 bits per heavy atom. The molecule has 1 atom stereocenters. The Morgan fingerprint density at radius 1 is 1.32 bits per heavy atom. The predicted octanol–water partition coefficient (Wildman–Crippen LogP) is 2.75. The van der Waals surface area contributed by atoms with Crippen molar-refractivity contribution in [2.45, 2.75) is 45.6 Å². The molecule has 0 spiro atoms. The van der Waals surface area contributed by atoms with Gasteiger partial charge in [-0.15, -0.1) is 0 Å². The number of hydrogen-bond donors (Lipinski definition) is 1. The molecule has 1 aliphatic heterocycles. The van der Waals surface area contributed by atoms with Crippen molar-refractivity contribution in [3.63, 3.8) is 0 Å². The maximum Gasteiger partial charge on any atom is 0.231 e. The first-order valence-corrected chi connectivity index (χ1v) is 8.36. The molecule has 1 N–H and O–H groups in total. The van der Waals surface area contributed by atoms with Gasteiger partial charge in [0.05, 0.1) is 12.5 Å². The van der Waals surface area contributed by atoms with Gasteiger partial charge in [0, 0.05) is 19.3 Å². The van der Waals surface area contributed by atoms with E-state index in [1.165, 1.54) is 12.8 Å². The summed E-state index contributed by atoms with van der Waals surface area (Å²) < 4.78 is 0. The molecule has 0 saturated carbocycles. The summed E-state index contributed by atoms with van der Waals surface area (Å²) in [6, 6.07) is 5.89. The van der Waals surface area contributed by atoms with Crippen LogP contribution in [0.15, 0.2) is 18.2 Å². The number of nitrogens with zero attached hydrogens (tertiary/aromatic N) is 2. The van der Waals surface area contributed by atoms with E-state index in [4.69, 9.17) is 0 Å². The molecule has 4 heteroatoms. The van der Waals surface area contributed by atoms with Gasteiger partial charge in [0.1, 0.15) is 0 Å². The average molecular weight is 304 g/mol. The molecular weight excluding hydrogens is 276 g/mol. The molecule has 1 heterocycles. The minimum atomic E-state index is -0.456. The zero-order valence-corrected chi connectivity index (χ0v) is 14.0. The highest BCUT2D eigenvalue weighted by atomic mass is 16.3. The highest BCUT2D eigenvalue weighted by Gasteiger charge is 2.24. The molecule has 4 nitrogen and oxygen atoms in total. The molecule has 0 aromatic heterocycles. The first kappa shape index (κ1) is 17.0. The topological polar surface area (TPSA) is 43.8 Å². The number of hydrogen-bond acceptors (Lipinski definition) is 3. The summed E-state index contributed by atoms with van der Waals surface area (Å²) in [5.41, 5.74) is 2.93. The van der Waals surface area contributed by atoms with Gasteiger partial charge in [-0.2, -0.15) is 0 Å². The molecular formula is C18H28N2O2. The number of fused-ring (bicyclic) bond motifs is 1. The van der Waals surface area contributed by atoms with E-state index in [-0.39, 0.29) is 5.91 Å². The molecule has 0 bridgehead atoms. The summed E-state index contributed by atoms with van der Waals surface area (Å²) in [7, 11) is 1.80. The van der Waals surface area contributed by atoms with Gasteiger partial charge in [-0.25, -0.2) is 0 Å². The van der Waals surface area contributed by atoms with Gasteiger partial charge in [0.2, 0.25) is 5.91 Å². The van der Waals surface area contributed by atoms with Gasteiger partial charge >= 0.3 is 0 Å². The van der Waals surface area contributed by atoms with Crippen molar-refractivity contribution in [2.24, 2.45) is 0 Å². The van der Waals surface area contributed by atoms with Crippen LogP contribution >= 0.6 is 0 Å². The lowest BCUT2D eigenvalue weighted by Crippen LogP contribution is -2.26. The average Bonchev–Trinajstić information content (AvgIpc) is 2.81. The Labute approximate surface area is 133 Å². The quantitative estimate of drug-likeness (QED) is 0.803. The van der Waals surface area contributed by atoms with Crippen molar-refractivity contribution in [3.8, 4) is 0 Å². The monoisotopic (exact) mass is 304 g/mol. The van der Waals surface area contributed by atoms with Crippen LogP contribution in [0.3, 0.4) is 0 Å². The van der Waals surface area contributed by atoms with E-state index in [2.05, 4.69) is 18.7 Å². The molecule has 1 unspecified atom stereocenters. The molecule has 122 valence electrons. The second-order valence-electron chi connectivity index (χ2n) is 6.11. The molecule has 0 fully saturated rings. The van der Waals surface area contributed by atoms with Crippen molar-refractivity contribution in [1.29, 1.82) is 0 Å². The number of aliphatic hydroxyl groups is 1. The molecule has 22 heavy (non-hydrogen) atoms. The summed E-state index contributed by atoms with van der Waals surface area (Å²) in [5.74, 6) is 0.123. The third kappa shape index (κ3) is 3.87. The Hall–Kier alpha value is -1.39. The van der Waals surface area contributed by atoms with Crippen molar-refractivity contribution < 1.29 is 9.90 Å². The van der Waals surface area contributed by atoms with Crippen LogP contribution in [-0.2, 0) is 11.2 Å². The largest absolute Gasteiger partial charge is 0.388 e. The number of benzene rings is 1. The Bertz CT molecular complexity index is 516. The third-order valence-electron chi connectivity index (χ3n) is 4.56. The van der Waals surface area contributed by atoms with Crippen molar-refractivity contribution >= 4 is 11.6 Å². The number of aliphatic hydroxyl groups excluding tert-OH is 1. The van der Waals surface area contributed by atoms with E-state index in [9.17, 15) is 9.90 Å². The molecule has 0 saturated heterocycles. The number of carbonyl (C=O) groups is 1. The first-order valence-electron chi connectivity index (χ1n) is 8.36. The number of amides is 1. The fourth-order valence-electron chi connectivity index (χ4n) is 2.98. The second-order valence-corrected chi connectivity index (χ2v) is 6.11. The van der Waals surface area contributed by atoms with E-state index >= 15 is 0 Å². The summed E-state index contributed by atoms with van der Waals surface area (Å²) in [6.45, 7) is 7.40. The molecule has 2 rings (SSSR count). The summed E-state index contributed by atoms with van der Waals surface area (Å²) >= 11 is 0. The van der Waals surface area contributed by atoms with Crippen molar-refractivity contribution in [1.82, 2.24) is 4.90 Å². The molecule has 1 aromatic rings. The van der Waals surface area contributed by atoms with Gasteiger partial charge in [-0.1, -0.05) is 32.4 Å². The lowest BCUT2D eigenvalue weighted by Gasteiger charge is -2.22. The number of anilines is 1. The van der Waals surface area contributed by atoms with E-state index in [1.54, 1.807) is 11.9 Å². The normalized spacial score (nSPS) is 15.5. The van der Waals surface area contributed by atoms with E-state index in [0.29, 0.717) is 6.42 Å². The Morgan fingerprint density at radius 2 is 2.09 bits per heavy atom. The van der Waals surface area contributed by atoms with Gasteiger partial charge < -0.3 is 14.9 Å². The fraction of sp³-hybridized carbons (Fsp3) is 0.611. The van der Waals surface area contributed by atoms with Crippen LogP contribution in [0.1, 0.15) is 50.3 Å². The van der Waals surface area contributed by atoms with Gasteiger partial charge in [0.25, 0.3) is 0 Å². The van der Waals surface area contributed by atoms with Crippen LogP contribution in [-0.4, -0.2) is 42.6 Å². The molecule has 0 aliphatic carbocycles. The van der Waals surface area contributed by atoms with Gasteiger partial charge in [-0.3, -0.25) is 4.79 Å². The van der Waals surface area contributed by atoms with Crippen LogP contribution in [0.5, 0.6) is 0 Å². The number of rotatable bonds is 8. The molecule has 1 aromatic carbocycles. The Kier molecular flexibility index (Phi) is 5.98. The standard InChI is InChI=1S/C18H28N2O2/c1-4-6-10-20(5-2)11-9-17(21)14-7-8-16-15(12-14)13-18(22)19(16)3/h7-8,12,17,21H,4-6,9-11,13H2,1-3H3. The van der Waals surface area contributed by atoms with Crippen LogP contribution in [0, 0.1) is 0 Å². The van der Waals surface area contributed by atoms with E-state index < -0.39 is 6.10 Å². The minimum Gasteiger partial charge on any atom is -0.388 e. The van der Waals surface area contributed by atoms with Gasteiger partial charge in [0.15, 0.2) is 0 Å². The van der Waals surface area contributed by atoms with Crippen LogP contribution < -0.4 is 4.90 Å². The van der Waals surface area contributed by atoms with Gasteiger partial charge in [-0.05, 0) is 43.1 Å². The maximum absolute atomic E-state index is 11.7. The highest BCUT2D eigenvalue weighted by Crippen LogP contribution is 2.30. The predicted molar refractivity (Wildman–Crippen MR) is 90.2 cm³/mol. The lowest BCUT2D eigenvalue weighted by molar-refractivity contribution is -0.117. The number of likely N-dealkylation sites (N-methyl/N-ethyl adjacent to an activating group) is 1. The van der Waals surface area contributed by atoms with Crippen LogP contribution in [0.25, 0.3) is 0 Å². The highest BCUT2D eigenvalue weighted by molar-refractivity contribution is 6.00. The minimum absolute atomic E-state index is 0.123. The molecule has 0 radical (unpaired) electrons. The second kappa shape index (κ2) is 7.75. The third-order valence-corrected chi connectivity index (χ3v) is 4.56. The van der Waals surface area contributed by atoms with Crippen molar-refractivity contribution in [3.05, 3.63) is 29.3 Å². The SMILES string of the molecule is CCCCN(CC)CCC(O)c1ccc2c(c1)CC(=O)N2C. The maximum atomic E-state index is 11.7. The Balaban J connectivity index is 1.95. The van der Waals surface area contributed by atoms with Crippen LogP contribution in [0.2, 0.25) is 0 Å². The van der Waals surface area contributed by atoms with Crippen molar-refractivity contribution in [2.75, 3.05) is 31.6 Å². The summed E-state index contributed by atoms with van der Waals surface area (Å²) in [6.07, 6.45) is 3.13. The summed E-state index contributed by atoms with van der Waals surface area (Å²) in [4.78, 5) is 15.8. The molecule has 1 aliphatic rings. The zero-order valence-electron chi connectivity index (χ0n) is 14.0. The van der Waals surface area contributed by atoms with Crippen LogP contribution in [0.4, 0.5) is 5.69 Å². The number of carbonyl (C=O) groups excluding carboxylic acids is 1. The van der Waals surface area contributed by atoms with E-state index in [1.807, 2.05) is 18.2 Å². The lowest BCUT2D eigenvalue weighted by atomic mass is 10.0. The zero-order chi connectivity index (χ0) is 16.1. The fourth-order valence-corrected chi connectivity index (χ4v) is 2.98. The van der Waals surface area contributed by atoms with E-state index in [0.717, 1.165) is 42.9 Å². The smallest absolute Gasteiger partial charge is 0.231 e. The molecule has 1 amide bonds. The summed E-state index contributed by atoms with van der Waals surface area (Å²) in [5, 5.41) is 10.4.